The Labute approximate surface area is 183 Å². The van der Waals surface area contributed by atoms with Crippen LogP contribution in [-0.4, -0.2) is 64.6 Å². The van der Waals surface area contributed by atoms with Crippen LogP contribution in [0, 0.1) is 5.41 Å². The summed E-state index contributed by atoms with van der Waals surface area (Å²) in [6.45, 7) is -1.31. The number of carbonyl (C=O) groups is 1. The van der Waals surface area contributed by atoms with Gasteiger partial charge in [0.1, 0.15) is 0 Å². The molecule has 0 aromatic heterocycles. The third-order valence-corrected chi connectivity index (χ3v) is 5.61. The molecule has 1 aliphatic rings. The summed E-state index contributed by atoms with van der Waals surface area (Å²) in [5, 5.41) is 9.28. The molecule has 35 heavy (non-hydrogen) atoms. The summed E-state index contributed by atoms with van der Waals surface area (Å²) in [5.74, 6) is -26.0. The Morgan fingerprint density at radius 3 is 1.46 bits per heavy atom. The van der Waals surface area contributed by atoms with Crippen LogP contribution in [0.3, 0.4) is 0 Å². The van der Waals surface area contributed by atoms with E-state index in [4.69, 9.17) is 0 Å². The van der Waals surface area contributed by atoms with E-state index in [1.165, 1.54) is 0 Å². The molecular formula is C15H12F16O4. The summed E-state index contributed by atoms with van der Waals surface area (Å²) >= 11 is 0. The van der Waals surface area contributed by atoms with Gasteiger partial charge >= 0.3 is 48.3 Å². The van der Waals surface area contributed by atoms with E-state index in [1.54, 1.807) is 0 Å². The maximum Gasteiger partial charge on any atom is 0.462 e. The van der Waals surface area contributed by atoms with Crippen molar-refractivity contribution in [1.29, 1.82) is 0 Å². The van der Waals surface area contributed by atoms with Gasteiger partial charge in [-0.05, 0) is 20.3 Å². The zero-order chi connectivity index (χ0) is 28.7. The average Bonchev–Trinajstić information content (AvgIpc) is 2.60. The van der Waals surface area contributed by atoms with Gasteiger partial charge in [-0.3, -0.25) is 4.79 Å². The Morgan fingerprint density at radius 2 is 1.20 bits per heavy atom. The summed E-state index contributed by atoms with van der Waals surface area (Å²) < 4.78 is 224. The lowest BCUT2D eigenvalue weighted by Crippen LogP contribution is -2.90. The average molecular weight is 560 g/mol. The van der Waals surface area contributed by atoms with Gasteiger partial charge in [0.25, 0.3) is 5.60 Å². The van der Waals surface area contributed by atoms with Crippen molar-refractivity contribution < 1.29 is 89.6 Å². The zero-order valence-electron chi connectivity index (χ0n) is 16.9. The van der Waals surface area contributed by atoms with Crippen LogP contribution in [0.5, 0.6) is 0 Å². The van der Waals surface area contributed by atoms with Crippen LogP contribution in [-0.2, 0) is 14.3 Å². The Hall–Kier alpha value is -1.73. The van der Waals surface area contributed by atoms with Crippen LogP contribution in [0.4, 0.5) is 70.2 Å². The van der Waals surface area contributed by atoms with Crippen LogP contribution in [0.1, 0.15) is 27.2 Å². The molecule has 0 aromatic carbocycles. The molecule has 4 unspecified atom stereocenters. The van der Waals surface area contributed by atoms with E-state index in [1.807, 2.05) is 0 Å². The highest BCUT2D eigenvalue weighted by Crippen LogP contribution is 2.69. The summed E-state index contributed by atoms with van der Waals surface area (Å²) in [6, 6.07) is 0. The Balaban J connectivity index is 4.25. The number of hydrogen-bond acceptors (Lipinski definition) is 4. The van der Waals surface area contributed by atoms with Crippen molar-refractivity contribution in [2.24, 2.45) is 5.41 Å². The molecule has 4 nitrogen and oxygen atoms in total. The second kappa shape index (κ2) is 7.64. The number of esters is 1. The highest BCUT2D eigenvalue weighted by Gasteiger charge is 3.01. The van der Waals surface area contributed by atoms with Gasteiger partial charge in [-0.15, -0.1) is 0 Å². The van der Waals surface area contributed by atoms with Crippen LogP contribution in [0.25, 0.3) is 0 Å². The van der Waals surface area contributed by atoms with E-state index in [-0.39, 0.29) is 6.92 Å². The molecule has 0 aliphatic carbocycles. The predicted molar refractivity (Wildman–Crippen MR) is 75.8 cm³/mol. The quantitative estimate of drug-likeness (QED) is 0.357. The van der Waals surface area contributed by atoms with Crippen LogP contribution >= 0.6 is 0 Å². The highest BCUT2D eigenvalue weighted by atomic mass is 19.4. The first-order valence-corrected chi connectivity index (χ1v) is 8.58. The van der Waals surface area contributed by atoms with Gasteiger partial charge < -0.3 is 14.6 Å². The number of rotatable bonds is 3. The molecule has 1 rings (SSSR count). The van der Waals surface area contributed by atoms with Gasteiger partial charge in [-0.25, -0.2) is 0 Å². The third kappa shape index (κ3) is 3.63. The Bertz CT molecular complexity index is 842. The minimum atomic E-state index is -7.83. The lowest BCUT2D eigenvalue weighted by Gasteiger charge is -2.59. The predicted octanol–water partition coefficient (Wildman–Crippen LogP) is 5.68. The van der Waals surface area contributed by atoms with Crippen molar-refractivity contribution >= 4 is 5.97 Å². The standard InChI is InChI=1S/C15H12F16O4/c1-4-6(2,12(20,21)22)5(32)34-11(15(29,30)31)10(18,19)8(33,14(26,27)28)9(16,17)7(3,35-11)13(23,24)25/h33H,4H2,1-3H3. The van der Waals surface area contributed by atoms with E-state index < -0.39 is 78.3 Å². The number of halogens is 16. The van der Waals surface area contributed by atoms with Crippen LogP contribution < -0.4 is 0 Å². The summed E-state index contributed by atoms with van der Waals surface area (Å²) in [4.78, 5) is 11.9. The summed E-state index contributed by atoms with van der Waals surface area (Å²) in [5.41, 5.74) is -18.3. The van der Waals surface area contributed by atoms with E-state index in [2.05, 4.69) is 9.47 Å². The molecule has 0 amide bonds. The van der Waals surface area contributed by atoms with Crippen molar-refractivity contribution in [3.05, 3.63) is 0 Å². The molecule has 4 atom stereocenters. The molecule has 1 saturated heterocycles. The lowest BCUT2D eigenvalue weighted by molar-refractivity contribution is -0.576. The molecule has 0 aromatic rings. The smallest absolute Gasteiger partial charge is 0.417 e. The van der Waals surface area contributed by atoms with Gasteiger partial charge in [0, 0.05) is 0 Å². The molecule has 1 aliphatic heterocycles. The molecule has 1 fully saturated rings. The molecule has 0 spiro atoms. The molecule has 20 heteroatoms. The number of carbonyl (C=O) groups excluding carboxylic acids is 1. The molecule has 1 N–H and O–H groups in total. The van der Waals surface area contributed by atoms with Crippen molar-refractivity contribution in [3.63, 3.8) is 0 Å². The molecule has 0 bridgehead atoms. The van der Waals surface area contributed by atoms with Crippen molar-refractivity contribution in [2.45, 2.75) is 80.7 Å². The Kier molecular flexibility index (Phi) is 6.83. The first kappa shape index (κ1) is 31.3. The maximum absolute atomic E-state index is 14.7. The van der Waals surface area contributed by atoms with Gasteiger partial charge in [-0.2, -0.15) is 70.2 Å². The fraction of sp³-hybridized carbons (Fsp3) is 0.933. The summed E-state index contributed by atoms with van der Waals surface area (Å²) in [6.07, 6.45) is -30.2. The monoisotopic (exact) mass is 560 g/mol. The molecule has 208 valence electrons. The molecule has 0 saturated carbocycles. The first-order chi connectivity index (χ1) is 14.9. The Morgan fingerprint density at radius 1 is 0.800 bits per heavy atom. The second-order valence-electron chi connectivity index (χ2n) is 7.68. The van der Waals surface area contributed by atoms with Crippen LogP contribution in [0.2, 0.25) is 0 Å². The fourth-order valence-corrected chi connectivity index (χ4v) is 2.87. The number of aliphatic hydroxyl groups is 1. The largest absolute Gasteiger partial charge is 0.462 e. The van der Waals surface area contributed by atoms with Crippen molar-refractivity contribution in [1.82, 2.24) is 0 Å². The zero-order valence-corrected chi connectivity index (χ0v) is 16.9. The molecule has 1 heterocycles. The summed E-state index contributed by atoms with van der Waals surface area (Å²) in [7, 11) is 0. The first-order valence-electron chi connectivity index (χ1n) is 8.58. The van der Waals surface area contributed by atoms with Gasteiger partial charge in [0.2, 0.25) is 5.60 Å². The third-order valence-electron chi connectivity index (χ3n) is 5.61. The highest BCUT2D eigenvalue weighted by molar-refractivity contribution is 5.78. The minimum absolute atomic E-state index is 0.339. The van der Waals surface area contributed by atoms with E-state index in [0.29, 0.717) is 6.92 Å². The SMILES string of the molecule is CCC(C)(C(=O)OC1(C(F)(F)F)OC(C)(C(F)(F)F)C(F)(F)C(O)(C(F)(F)F)C1(F)F)C(F)(F)F. The van der Waals surface area contributed by atoms with E-state index >= 15 is 0 Å². The topological polar surface area (TPSA) is 55.8 Å². The number of hydrogen-bond donors (Lipinski definition) is 1. The van der Waals surface area contributed by atoms with Gasteiger partial charge in [0.15, 0.2) is 5.41 Å². The van der Waals surface area contributed by atoms with Crippen LogP contribution in [0.15, 0.2) is 0 Å². The lowest BCUT2D eigenvalue weighted by atomic mass is 9.71. The maximum atomic E-state index is 14.7. The normalized spacial score (nSPS) is 33.7. The van der Waals surface area contributed by atoms with Crippen molar-refractivity contribution in [3.8, 4) is 0 Å². The van der Waals surface area contributed by atoms with Crippen molar-refractivity contribution in [2.75, 3.05) is 0 Å². The molecule has 0 radical (unpaired) electrons. The van der Waals surface area contributed by atoms with Gasteiger partial charge in [0.05, 0.1) is 0 Å². The number of ether oxygens (including phenoxy) is 2. The van der Waals surface area contributed by atoms with Gasteiger partial charge in [-0.1, -0.05) is 6.92 Å². The number of alkyl halides is 16. The second-order valence-corrected chi connectivity index (χ2v) is 7.68. The van der Waals surface area contributed by atoms with E-state index in [9.17, 15) is 80.1 Å². The minimum Gasteiger partial charge on any atom is -0.417 e. The van der Waals surface area contributed by atoms with E-state index in [0.717, 1.165) is 0 Å². The molecular weight excluding hydrogens is 548 g/mol. The fourth-order valence-electron chi connectivity index (χ4n) is 2.87.